The monoisotopic (exact) mass is 736 g/mol. The van der Waals surface area contributed by atoms with Crippen LogP contribution in [-0.4, -0.2) is 36.0 Å². The Hall–Kier alpha value is -6.99. The van der Waals surface area contributed by atoms with Gasteiger partial charge >= 0.3 is 0 Å². The van der Waals surface area contributed by atoms with Crippen molar-refractivity contribution >= 4 is 71.6 Å². The van der Waals surface area contributed by atoms with Gasteiger partial charge in [0.1, 0.15) is 5.82 Å². The van der Waals surface area contributed by atoms with E-state index in [1.807, 2.05) is 37.0 Å². The van der Waals surface area contributed by atoms with Gasteiger partial charge in [0.05, 0.1) is 18.1 Å². The van der Waals surface area contributed by atoms with Crippen LogP contribution in [0.4, 0.5) is 0 Å². The highest BCUT2D eigenvalue weighted by Gasteiger charge is 2.51. The maximum atomic E-state index is 5.18. The highest BCUT2D eigenvalue weighted by Crippen LogP contribution is 2.59. The van der Waals surface area contributed by atoms with Gasteiger partial charge in [0.15, 0.2) is 0 Å². The summed E-state index contributed by atoms with van der Waals surface area (Å²) in [4.78, 5) is 15.4. The van der Waals surface area contributed by atoms with Gasteiger partial charge in [-0.25, -0.2) is 9.97 Å². The zero-order chi connectivity index (χ0) is 37.5. The first-order chi connectivity index (χ1) is 28.3. The summed E-state index contributed by atoms with van der Waals surface area (Å²) in [5, 5.41) is 12.7. The van der Waals surface area contributed by atoms with Crippen molar-refractivity contribution in [2.75, 3.05) is 0 Å². The molecule has 0 bridgehead atoms. The number of nitrogens with zero attached hydrogens (tertiary/aromatic N) is 7. The predicted octanol–water partition coefficient (Wildman–Crippen LogP) is 11.9. The predicted molar refractivity (Wildman–Crippen MR) is 233 cm³/mol. The van der Waals surface area contributed by atoms with E-state index < -0.39 is 0 Å². The molecule has 10 aromatic rings. The fourth-order valence-corrected chi connectivity index (χ4v) is 10.7. The Morgan fingerprint density at radius 2 is 0.825 bits per heavy atom. The van der Waals surface area contributed by atoms with Crippen LogP contribution in [0.15, 0.2) is 181 Å². The molecule has 1 fully saturated rings. The first-order valence-electron chi connectivity index (χ1n) is 19.9. The molecule has 1 aliphatic heterocycles. The van der Waals surface area contributed by atoms with Crippen LogP contribution in [0.1, 0.15) is 36.3 Å². The minimum Gasteiger partial charge on any atom is -0.669 e. The molecule has 1 saturated carbocycles. The summed E-state index contributed by atoms with van der Waals surface area (Å²) < 4.78 is 7.99. The fraction of sp³-hybridized carbons (Fsp3) is 0.140. The summed E-state index contributed by atoms with van der Waals surface area (Å²) in [6, 6.07) is 55.1. The SMILES string of the molecule is C1=C[N-]C(C2CC(c3ncccn3)C(n3c4ccccc4c4ccccc43)C(n3c4ccccc4c4ccccc43)C2n2c3ccccc3c3ccccc32)N=C1. The third kappa shape index (κ3) is 4.75. The van der Waals surface area contributed by atoms with E-state index in [-0.39, 0.29) is 36.1 Å². The van der Waals surface area contributed by atoms with Gasteiger partial charge < -0.3 is 24.0 Å². The van der Waals surface area contributed by atoms with Crippen LogP contribution >= 0.6 is 0 Å². The Morgan fingerprint density at radius 1 is 0.439 bits per heavy atom. The van der Waals surface area contributed by atoms with Gasteiger partial charge in [-0.1, -0.05) is 115 Å². The number of hydrogen-bond donors (Lipinski definition) is 0. The fourth-order valence-electron chi connectivity index (χ4n) is 10.7. The van der Waals surface area contributed by atoms with Gasteiger partial charge in [0.25, 0.3) is 0 Å². The summed E-state index contributed by atoms with van der Waals surface area (Å²) in [7, 11) is 0. The van der Waals surface area contributed by atoms with E-state index in [1.54, 1.807) is 0 Å². The highest BCUT2D eigenvalue weighted by atomic mass is 15.2. The van der Waals surface area contributed by atoms with E-state index in [0.29, 0.717) is 0 Å². The van der Waals surface area contributed by atoms with Crippen molar-refractivity contribution in [1.29, 1.82) is 0 Å². The molecule has 7 heteroatoms. The summed E-state index contributed by atoms with van der Waals surface area (Å²) in [5.41, 5.74) is 7.25. The second-order valence-corrected chi connectivity index (χ2v) is 15.5. The molecule has 0 spiro atoms. The minimum absolute atomic E-state index is 0.0338. The molecule has 7 nitrogen and oxygen atoms in total. The number of allylic oxidation sites excluding steroid dienone is 1. The van der Waals surface area contributed by atoms with E-state index in [0.717, 1.165) is 12.2 Å². The number of benzene rings is 6. The van der Waals surface area contributed by atoms with Crippen molar-refractivity contribution in [1.82, 2.24) is 23.7 Å². The molecule has 6 aromatic carbocycles. The maximum Gasteiger partial charge on any atom is 0.133 e. The van der Waals surface area contributed by atoms with Crippen LogP contribution in [0.25, 0.3) is 70.7 Å². The lowest BCUT2D eigenvalue weighted by Crippen LogP contribution is -2.46. The van der Waals surface area contributed by atoms with Gasteiger partial charge in [-0.15, -0.1) is 0 Å². The van der Waals surface area contributed by atoms with Gasteiger partial charge in [-0.05, 0) is 61.0 Å². The standard InChI is InChI=1S/C50H38N7/c1-7-21-40-32(15-1)33-16-2-8-22-41(33)55(40)46-38(49-51-27-13-28-52-49)31-39(50-53-29-14-30-54-50)47(56-42-23-9-3-17-34(42)35-18-4-10-24-43(35)56)48(46)57-44-25-11-5-19-36(44)37-20-6-12-26-45(37)57/h1-30,38-39,46-49H,31H2/q-1. The molecule has 5 heterocycles. The molecule has 0 amide bonds. The number of rotatable bonds is 5. The second-order valence-electron chi connectivity index (χ2n) is 15.5. The van der Waals surface area contributed by atoms with Crippen molar-refractivity contribution in [2.45, 2.75) is 36.6 Å². The van der Waals surface area contributed by atoms with Crippen LogP contribution in [0.3, 0.4) is 0 Å². The zero-order valence-corrected chi connectivity index (χ0v) is 31.1. The number of hydrogen-bond acceptors (Lipinski definition) is 3. The Kier molecular flexibility index (Phi) is 7.24. The van der Waals surface area contributed by atoms with Crippen LogP contribution in [0.5, 0.6) is 0 Å². The van der Waals surface area contributed by atoms with Gasteiger partial charge in [0, 0.05) is 89.9 Å². The van der Waals surface area contributed by atoms with Crippen molar-refractivity contribution < 1.29 is 0 Å². The van der Waals surface area contributed by atoms with Gasteiger partial charge in [-0.2, -0.15) is 6.20 Å². The summed E-state index contributed by atoms with van der Waals surface area (Å²) in [6.45, 7) is 0. The molecule has 0 N–H and O–H groups in total. The van der Waals surface area contributed by atoms with Crippen LogP contribution < -0.4 is 0 Å². The van der Waals surface area contributed by atoms with Gasteiger partial charge in [0.2, 0.25) is 0 Å². The van der Waals surface area contributed by atoms with E-state index >= 15 is 0 Å². The van der Waals surface area contributed by atoms with Crippen LogP contribution in [0.2, 0.25) is 0 Å². The van der Waals surface area contributed by atoms with E-state index in [4.69, 9.17) is 20.3 Å². The lowest BCUT2D eigenvalue weighted by molar-refractivity contribution is 0.0896. The van der Waals surface area contributed by atoms with E-state index in [9.17, 15) is 0 Å². The first kappa shape index (κ1) is 32.3. The largest absolute Gasteiger partial charge is 0.669 e. The topological polar surface area (TPSA) is 67.0 Å². The van der Waals surface area contributed by atoms with E-state index in [2.05, 4.69) is 159 Å². The molecule has 2 aliphatic rings. The Bertz CT molecular complexity index is 3040. The molecule has 6 atom stereocenters. The summed E-state index contributed by atoms with van der Waals surface area (Å²) in [6.07, 6.45) is 10.1. The molecule has 274 valence electrons. The quantitative estimate of drug-likeness (QED) is 0.177. The number of para-hydroxylation sites is 6. The zero-order valence-electron chi connectivity index (χ0n) is 31.1. The molecular weight excluding hydrogens is 699 g/mol. The molecule has 6 unspecified atom stereocenters. The third-order valence-electron chi connectivity index (χ3n) is 12.8. The molecule has 4 aromatic heterocycles. The molecule has 0 saturated heterocycles. The maximum absolute atomic E-state index is 5.18. The summed E-state index contributed by atoms with van der Waals surface area (Å²) >= 11 is 0. The lowest BCUT2D eigenvalue weighted by Gasteiger charge is -2.53. The highest BCUT2D eigenvalue weighted by molar-refractivity contribution is 6.10. The number of aliphatic imine (C=N–C) groups is 1. The van der Waals surface area contributed by atoms with Crippen LogP contribution in [-0.2, 0) is 0 Å². The minimum atomic E-state index is -0.305. The van der Waals surface area contributed by atoms with Crippen molar-refractivity contribution in [3.63, 3.8) is 0 Å². The average Bonchev–Trinajstić information content (AvgIpc) is 3.92. The molecule has 12 rings (SSSR count). The molecule has 57 heavy (non-hydrogen) atoms. The molecular formula is C50H38N7-. The smallest absolute Gasteiger partial charge is 0.133 e. The normalized spacial score (nSPS) is 22.3. The van der Waals surface area contributed by atoms with E-state index in [1.165, 1.54) is 65.4 Å². The second kappa shape index (κ2) is 12.8. The van der Waals surface area contributed by atoms with Crippen molar-refractivity contribution in [2.24, 2.45) is 10.9 Å². The summed E-state index contributed by atoms with van der Waals surface area (Å²) in [5.74, 6) is 0.714. The Balaban J connectivity index is 1.29. The van der Waals surface area contributed by atoms with Crippen molar-refractivity contribution in [3.8, 4) is 0 Å². The molecule has 1 aliphatic carbocycles. The first-order valence-corrected chi connectivity index (χ1v) is 19.9. The number of aromatic nitrogens is 5. The number of fused-ring (bicyclic) bond motifs is 9. The molecule has 0 radical (unpaired) electrons. The average molecular weight is 737 g/mol. The van der Waals surface area contributed by atoms with Crippen molar-refractivity contribution in [3.05, 3.63) is 187 Å². The Labute approximate surface area is 329 Å². The Morgan fingerprint density at radius 3 is 1.23 bits per heavy atom. The third-order valence-corrected chi connectivity index (χ3v) is 12.8. The lowest BCUT2D eigenvalue weighted by atomic mass is 9.69. The van der Waals surface area contributed by atoms with Crippen LogP contribution in [0, 0.1) is 5.92 Å². The van der Waals surface area contributed by atoms with Gasteiger partial charge in [-0.3, -0.25) is 0 Å².